The summed E-state index contributed by atoms with van der Waals surface area (Å²) in [4.78, 5) is 24.2. The molecular weight excluding hydrogens is 328 g/mol. The molecule has 2 aromatic carbocycles. The number of hydrazine groups is 1. The third-order valence-electron chi connectivity index (χ3n) is 3.82. The van der Waals surface area contributed by atoms with Gasteiger partial charge in [0.2, 0.25) is 5.91 Å². The molecule has 132 valence electrons. The van der Waals surface area contributed by atoms with E-state index in [1.807, 2.05) is 67.6 Å². The van der Waals surface area contributed by atoms with Crippen molar-refractivity contribution in [2.24, 2.45) is 0 Å². The summed E-state index contributed by atoms with van der Waals surface area (Å²) in [5.74, 6) is -0.631. The lowest BCUT2D eigenvalue weighted by molar-refractivity contribution is -0.121. The Morgan fingerprint density at radius 3 is 2.27 bits per heavy atom. The molecule has 0 bridgehead atoms. The fourth-order valence-corrected chi connectivity index (χ4v) is 2.55. The number of carbonyl (C=O) groups is 2. The molecule has 0 aliphatic carbocycles. The molecule has 0 aliphatic rings. The second-order valence-electron chi connectivity index (χ2n) is 5.79. The normalized spacial score (nSPS) is 10.3. The summed E-state index contributed by atoms with van der Waals surface area (Å²) < 4.78 is 1.66. The molecule has 2 amide bonds. The zero-order valence-corrected chi connectivity index (χ0v) is 14.5. The van der Waals surface area contributed by atoms with Gasteiger partial charge in [-0.15, -0.1) is 0 Å². The van der Waals surface area contributed by atoms with Crippen LogP contribution in [0.25, 0.3) is 16.9 Å². The average molecular weight is 348 g/mol. The van der Waals surface area contributed by atoms with Crippen molar-refractivity contribution in [3.63, 3.8) is 0 Å². The van der Waals surface area contributed by atoms with Crippen LogP contribution >= 0.6 is 0 Å². The van der Waals surface area contributed by atoms with Gasteiger partial charge in [-0.05, 0) is 18.6 Å². The first-order valence-corrected chi connectivity index (χ1v) is 8.48. The smallest absolute Gasteiger partial charge is 0.273 e. The Morgan fingerprint density at radius 2 is 1.62 bits per heavy atom. The lowest BCUT2D eigenvalue weighted by atomic mass is 10.1. The molecule has 6 nitrogen and oxygen atoms in total. The lowest BCUT2D eigenvalue weighted by Gasteiger charge is -2.06. The molecule has 0 atom stereocenters. The van der Waals surface area contributed by atoms with E-state index in [1.54, 1.807) is 10.9 Å². The van der Waals surface area contributed by atoms with E-state index < -0.39 is 5.91 Å². The number of carbonyl (C=O) groups excluding carboxylic acids is 2. The summed E-state index contributed by atoms with van der Waals surface area (Å²) in [5, 5.41) is 4.58. The van der Waals surface area contributed by atoms with Crippen LogP contribution in [0, 0.1) is 0 Å². The van der Waals surface area contributed by atoms with Crippen molar-refractivity contribution in [2.75, 3.05) is 0 Å². The van der Waals surface area contributed by atoms with Gasteiger partial charge in [-0.25, -0.2) is 4.68 Å². The topological polar surface area (TPSA) is 76.0 Å². The summed E-state index contributed by atoms with van der Waals surface area (Å²) in [6.07, 6.45) is 2.73. The molecule has 0 aliphatic heterocycles. The molecule has 1 heterocycles. The second-order valence-corrected chi connectivity index (χ2v) is 5.79. The second kappa shape index (κ2) is 8.11. The van der Waals surface area contributed by atoms with Crippen LogP contribution < -0.4 is 10.9 Å². The van der Waals surface area contributed by atoms with Gasteiger partial charge in [0.1, 0.15) is 5.69 Å². The molecule has 2 N–H and O–H groups in total. The van der Waals surface area contributed by atoms with Crippen LogP contribution in [0.1, 0.15) is 30.1 Å². The van der Waals surface area contributed by atoms with E-state index >= 15 is 0 Å². The highest BCUT2D eigenvalue weighted by atomic mass is 16.2. The van der Waals surface area contributed by atoms with E-state index in [0.717, 1.165) is 11.3 Å². The fraction of sp³-hybridized carbons (Fsp3) is 0.150. The molecule has 3 rings (SSSR count). The molecular formula is C20H20N4O2. The first-order valence-electron chi connectivity index (χ1n) is 8.48. The van der Waals surface area contributed by atoms with Crippen LogP contribution in [-0.2, 0) is 4.79 Å². The molecule has 3 aromatic rings. The summed E-state index contributed by atoms with van der Waals surface area (Å²) >= 11 is 0. The monoisotopic (exact) mass is 348 g/mol. The summed E-state index contributed by atoms with van der Waals surface area (Å²) in [6.45, 7) is 1.90. The van der Waals surface area contributed by atoms with E-state index in [9.17, 15) is 9.59 Å². The number of nitrogens with one attached hydrogen (secondary N) is 2. The SMILES string of the molecule is CCCC(=O)NNC(=O)c1cn(-c2ccccc2)nc1-c1ccccc1. The van der Waals surface area contributed by atoms with Gasteiger partial charge >= 0.3 is 0 Å². The van der Waals surface area contributed by atoms with Gasteiger partial charge in [-0.3, -0.25) is 20.4 Å². The third kappa shape index (κ3) is 3.97. The molecule has 0 spiro atoms. The molecule has 26 heavy (non-hydrogen) atoms. The molecule has 1 aromatic heterocycles. The zero-order chi connectivity index (χ0) is 18.4. The van der Waals surface area contributed by atoms with Crippen LogP contribution in [0.5, 0.6) is 0 Å². The predicted octanol–water partition coefficient (Wildman–Crippen LogP) is 3.10. The highest BCUT2D eigenvalue weighted by Gasteiger charge is 2.19. The number of benzene rings is 2. The highest BCUT2D eigenvalue weighted by Crippen LogP contribution is 2.23. The van der Waals surface area contributed by atoms with E-state index in [1.165, 1.54) is 0 Å². The Kier molecular flexibility index (Phi) is 5.43. The average Bonchev–Trinajstić information content (AvgIpc) is 3.13. The lowest BCUT2D eigenvalue weighted by Crippen LogP contribution is -2.41. The number of aromatic nitrogens is 2. The molecule has 0 saturated heterocycles. The third-order valence-corrected chi connectivity index (χ3v) is 3.82. The quantitative estimate of drug-likeness (QED) is 0.696. The Balaban J connectivity index is 1.93. The number of hydrogen-bond donors (Lipinski definition) is 2. The summed E-state index contributed by atoms with van der Waals surface area (Å²) in [5.41, 5.74) is 7.51. The van der Waals surface area contributed by atoms with Gasteiger partial charge in [0.05, 0.1) is 11.3 Å². The van der Waals surface area contributed by atoms with Gasteiger partial charge in [0.15, 0.2) is 0 Å². The van der Waals surface area contributed by atoms with Crippen LogP contribution in [0.3, 0.4) is 0 Å². The Morgan fingerprint density at radius 1 is 0.962 bits per heavy atom. The number of hydrogen-bond acceptors (Lipinski definition) is 3. The highest BCUT2D eigenvalue weighted by molar-refractivity contribution is 6.00. The van der Waals surface area contributed by atoms with E-state index in [0.29, 0.717) is 24.1 Å². The minimum Gasteiger partial charge on any atom is -0.273 e. The van der Waals surface area contributed by atoms with Crippen molar-refractivity contribution < 1.29 is 9.59 Å². The molecule has 6 heteroatoms. The maximum absolute atomic E-state index is 12.6. The van der Waals surface area contributed by atoms with Crippen molar-refractivity contribution in [3.05, 3.63) is 72.4 Å². The van der Waals surface area contributed by atoms with Gasteiger partial charge in [0, 0.05) is 18.2 Å². The largest absolute Gasteiger partial charge is 0.273 e. The van der Waals surface area contributed by atoms with E-state index in [-0.39, 0.29) is 5.91 Å². The van der Waals surface area contributed by atoms with Crippen LogP contribution in [-0.4, -0.2) is 21.6 Å². The maximum atomic E-state index is 12.6. The maximum Gasteiger partial charge on any atom is 0.273 e. The van der Waals surface area contributed by atoms with E-state index in [2.05, 4.69) is 16.0 Å². The molecule has 0 radical (unpaired) electrons. The summed E-state index contributed by atoms with van der Waals surface area (Å²) in [6, 6.07) is 19.0. The Bertz CT molecular complexity index is 889. The Labute approximate surface area is 151 Å². The van der Waals surface area contributed by atoms with Crippen molar-refractivity contribution in [3.8, 4) is 16.9 Å². The molecule has 0 fully saturated rings. The van der Waals surface area contributed by atoms with Gasteiger partial charge in [-0.2, -0.15) is 5.10 Å². The van der Waals surface area contributed by atoms with E-state index in [4.69, 9.17) is 0 Å². The first-order chi connectivity index (χ1) is 12.7. The van der Waals surface area contributed by atoms with Crippen molar-refractivity contribution >= 4 is 11.8 Å². The van der Waals surface area contributed by atoms with Crippen molar-refractivity contribution in [2.45, 2.75) is 19.8 Å². The van der Waals surface area contributed by atoms with Gasteiger partial charge < -0.3 is 0 Å². The van der Waals surface area contributed by atoms with Crippen LogP contribution in [0.4, 0.5) is 0 Å². The predicted molar refractivity (Wildman–Crippen MR) is 99.5 cm³/mol. The Hall–Kier alpha value is -3.41. The standard InChI is InChI=1S/C20H20N4O2/c1-2-9-18(25)21-22-20(26)17-14-24(16-12-7-4-8-13-16)23-19(17)15-10-5-3-6-11-15/h3-8,10-14H,2,9H2,1H3,(H,21,25)(H,22,26). The minimum absolute atomic E-state index is 0.224. The summed E-state index contributed by atoms with van der Waals surface area (Å²) in [7, 11) is 0. The van der Waals surface area contributed by atoms with Crippen LogP contribution in [0.2, 0.25) is 0 Å². The van der Waals surface area contributed by atoms with Crippen molar-refractivity contribution in [1.29, 1.82) is 0 Å². The molecule has 0 saturated carbocycles. The van der Waals surface area contributed by atoms with Gasteiger partial charge in [0.25, 0.3) is 5.91 Å². The zero-order valence-electron chi connectivity index (χ0n) is 14.5. The fourth-order valence-electron chi connectivity index (χ4n) is 2.55. The number of rotatable bonds is 5. The minimum atomic E-state index is -0.407. The number of para-hydroxylation sites is 1. The first kappa shape index (κ1) is 17.4. The van der Waals surface area contributed by atoms with Crippen molar-refractivity contribution in [1.82, 2.24) is 20.6 Å². The van der Waals surface area contributed by atoms with Crippen LogP contribution in [0.15, 0.2) is 66.9 Å². The molecule has 0 unspecified atom stereocenters. The number of nitrogens with zero attached hydrogens (tertiary/aromatic N) is 2. The number of amides is 2. The van der Waals surface area contributed by atoms with Gasteiger partial charge in [-0.1, -0.05) is 55.5 Å².